The van der Waals surface area contributed by atoms with Gasteiger partial charge >= 0.3 is 0 Å². The van der Waals surface area contributed by atoms with Gasteiger partial charge in [-0.1, -0.05) is 35.5 Å². The summed E-state index contributed by atoms with van der Waals surface area (Å²) in [5.41, 5.74) is 0.0315. The Hall–Kier alpha value is -1.72. The molecule has 0 fully saturated rings. The zero-order valence-electron chi connectivity index (χ0n) is 10.6. The topological polar surface area (TPSA) is 62.1 Å². The van der Waals surface area contributed by atoms with Gasteiger partial charge in [-0.2, -0.15) is 0 Å². The molecule has 1 aliphatic heterocycles. The van der Waals surface area contributed by atoms with Gasteiger partial charge in [-0.3, -0.25) is 4.79 Å². The van der Waals surface area contributed by atoms with E-state index in [1.807, 2.05) is 30.3 Å². The molecular formula is C13H16N2O3. The van der Waals surface area contributed by atoms with Gasteiger partial charge in [0.1, 0.15) is 5.71 Å². The van der Waals surface area contributed by atoms with E-state index in [0.29, 0.717) is 5.71 Å². The number of rotatable bonds is 2. The molecule has 1 aliphatic rings. The van der Waals surface area contributed by atoms with Crippen LogP contribution in [0.25, 0.3) is 0 Å². The van der Waals surface area contributed by atoms with Crippen molar-refractivity contribution >= 4 is 11.5 Å². The largest absolute Gasteiger partial charge is 0.363 e. The van der Waals surface area contributed by atoms with Crippen LogP contribution in [0, 0.1) is 0 Å². The summed E-state index contributed by atoms with van der Waals surface area (Å²) in [7, 11) is 0. The predicted octanol–water partition coefficient (Wildman–Crippen LogP) is 1.81. The first-order chi connectivity index (χ1) is 8.47. The number of carbonyl (C=O) groups excluding carboxylic acids is 1. The standard InChI is InChI=1S/C13H16N2O3/c1-9-12(11-7-5-4-6-8-11)14-18-13(3,10(2)16)15(9)17/h4-9,17H,1-3H3/t9-,13-/m0/s1. The molecular weight excluding hydrogens is 232 g/mol. The molecule has 0 spiro atoms. The van der Waals surface area contributed by atoms with Crippen LogP contribution in [-0.2, 0) is 9.63 Å². The Morgan fingerprint density at radius 1 is 1.44 bits per heavy atom. The molecule has 2 atom stereocenters. The number of ketones is 1. The average Bonchev–Trinajstić information content (AvgIpc) is 2.37. The van der Waals surface area contributed by atoms with Gasteiger partial charge in [0, 0.05) is 19.4 Å². The van der Waals surface area contributed by atoms with E-state index in [2.05, 4.69) is 5.16 Å². The molecule has 1 aromatic rings. The van der Waals surface area contributed by atoms with Crippen molar-refractivity contribution in [3.63, 3.8) is 0 Å². The van der Waals surface area contributed by atoms with Crippen LogP contribution >= 0.6 is 0 Å². The second-order valence-corrected chi connectivity index (χ2v) is 4.49. The Balaban J connectivity index is 2.38. The van der Waals surface area contributed by atoms with E-state index in [9.17, 15) is 10.0 Å². The maximum Gasteiger partial charge on any atom is 0.268 e. The Kier molecular flexibility index (Phi) is 3.19. The number of hydroxylamine groups is 2. The minimum absolute atomic E-state index is 0.298. The lowest BCUT2D eigenvalue weighted by Gasteiger charge is -2.39. The first kappa shape index (κ1) is 12.7. The first-order valence-electron chi connectivity index (χ1n) is 5.77. The van der Waals surface area contributed by atoms with Crippen molar-refractivity contribution in [2.75, 3.05) is 0 Å². The summed E-state index contributed by atoms with van der Waals surface area (Å²) in [6.07, 6.45) is 0. The highest BCUT2D eigenvalue weighted by molar-refractivity contribution is 6.04. The summed E-state index contributed by atoms with van der Waals surface area (Å²) < 4.78 is 0. The van der Waals surface area contributed by atoms with Crippen molar-refractivity contribution in [1.29, 1.82) is 0 Å². The number of carbonyl (C=O) groups is 1. The summed E-state index contributed by atoms with van der Waals surface area (Å²) in [4.78, 5) is 16.7. The molecule has 18 heavy (non-hydrogen) atoms. The van der Waals surface area contributed by atoms with Crippen molar-refractivity contribution in [3.8, 4) is 0 Å². The van der Waals surface area contributed by atoms with Crippen LogP contribution in [0.4, 0.5) is 0 Å². The first-order valence-corrected chi connectivity index (χ1v) is 5.77. The maximum absolute atomic E-state index is 11.5. The van der Waals surface area contributed by atoms with E-state index < -0.39 is 11.8 Å². The fourth-order valence-electron chi connectivity index (χ4n) is 1.87. The van der Waals surface area contributed by atoms with Gasteiger partial charge in [0.2, 0.25) is 0 Å². The van der Waals surface area contributed by atoms with Gasteiger partial charge < -0.3 is 10.0 Å². The number of benzene rings is 1. The normalized spacial score (nSPS) is 28.4. The van der Waals surface area contributed by atoms with E-state index in [4.69, 9.17) is 4.84 Å². The third kappa shape index (κ3) is 1.91. The third-order valence-corrected chi connectivity index (χ3v) is 3.24. The van der Waals surface area contributed by atoms with Crippen LogP contribution in [0.3, 0.4) is 0 Å². The molecule has 96 valence electrons. The van der Waals surface area contributed by atoms with Crippen molar-refractivity contribution in [1.82, 2.24) is 5.06 Å². The summed E-state index contributed by atoms with van der Waals surface area (Å²) in [5.74, 6) is -0.298. The van der Waals surface area contributed by atoms with Gasteiger partial charge in [0.15, 0.2) is 5.78 Å². The monoisotopic (exact) mass is 248 g/mol. The third-order valence-electron chi connectivity index (χ3n) is 3.24. The van der Waals surface area contributed by atoms with E-state index in [-0.39, 0.29) is 5.78 Å². The highest BCUT2D eigenvalue weighted by Crippen LogP contribution is 2.26. The number of nitrogens with zero attached hydrogens (tertiary/aromatic N) is 2. The molecule has 0 bridgehead atoms. The molecule has 0 radical (unpaired) electrons. The van der Waals surface area contributed by atoms with E-state index in [0.717, 1.165) is 10.6 Å². The molecule has 5 heteroatoms. The van der Waals surface area contributed by atoms with Crippen LogP contribution in [0.2, 0.25) is 0 Å². The fraction of sp³-hybridized carbons (Fsp3) is 0.385. The van der Waals surface area contributed by atoms with E-state index in [1.54, 1.807) is 6.92 Å². The van der Waals surface area contributed by atoms with Crippen molar-refractivity contribution in [3.05, 3.63) is 35.9 Å². The Bertz CT molecular complexity index is 486. The van der Waals surface area contributed by atoms with Crippen LogP contribution in [-0.4, -0.2) is 33.5 Å². The lowest BCUT2D eigenvalue weighted by Crippen LogP contribution is -2.59. The van der Waals surface area contributed by atoms with Gasteiger partial charge in [-0.05, 0) is 6.92 Å². The van der Waals surface area contributed by atoms with Gasteiger partial charge in [0.25, 0.3) is 5.72 Å². The smallest absolute Gasteiger partial charge is 0.268 e. The summed E-state index contributed by atoms with van der Waals surface area (Å²) in [6.45, 7) is 4.63. The Morgan fingerprint density at radius 3 is 2.61 bits per heavy atom. The molecule has 0 saturated heterocycles. The second kappa shape index (κ2) is 4.51. The summed E-state index contributed by atoms with van der Waals surface area (Å²) in [6, 6.07) is 8.99. The molecule has 1 N–H and O–H groups in total. The Morgan fingerprint density at radius 2 is 2.06 bits per heavy atom. The minimum atomic E-state index is -1.42. The zero-order chi connectivity index (χ0) is 13.3. The molecule has 2 rings (SSSR count). The van der Waals surface area contributed by atoms with Crippen LogP contribution in [0.1, 0.15) is 26.3 Å². The highest BCUT2D eigenvalue weighted by atomic mass is 16.7. The summed E-state index contributed by atoms with van der Waals surface area (Å²) >= 11 is 0. The van der Waals surface area contributed by atoms with Crippen molar-refractivity contribution < 1.29 is 14.8 Å². The number of hydrogen-bond acceptors (Lipinski definition) is 5. The predicted molar refractivity (Wildman–Crippen MR) is 66.2 cm³/mol. The molecule has 0 saturated carbocycles. The lowest BCUT2D eigenvalue weighted by atomic mass is 10.0. The van der Waals surface area contributed by atoms with Crippen LogP contribution in [0.5, 0.6) is 0 Å². The van der Waals surface area contributed by atoms with E-state index in [1.165, 1.54) is 13.8 Å². The summed E-state index contributed by atoms with van der Waals surface area (Å²) in [5, 5.41) is 15.0. The molecule has 0 unspecified atom stereocenters. The molecule has 0 aromatic heterocycles. The maximum atomic E-state index is 11.5. The molecule has 1 heterocycles. The van der Waals surface area contributed by atoms with Crippen molar-refractivity contribution in [2.24, 2.45) is 5.16 Å². The van der Waals surface area contributed by atoms with Gasteiger partial charge in [-0.25, -0.2) is 0 Å². The zero-order valence-corrected chi connectivity index (χ0v) is 10.6. The second-order valence-electron chi connectivity index (χ2n) is 4.49. The lowest BCUT2D eigenvalue weighted by molar-refractivity contribution is -0.277. The quantitative estimate of drug-likeness (QED) is 0.867. The molecule has 5 nitrogen and oxygen atoms in total. The van der Waals surface area contributed by atoms with Crippen LogP contribution < -0.4 is 0 Å². The van der Waals surface area contributed by atoms with Gasteiger partial charge in [0.05, 0.1) is 6.04 Å². The SMILES string of the molecule is CC(=O)[C@]1(C)ON=C(c2ccccc2)[C@H](C)N1O. The molecule has 1 aromatic carbocycles. The fourth-order valence-corrected chi connectivity index (χ4v) is 1.87. The molecule has 0 aliphatic carbocycles. The number of hydrogen-bond donors (Lipinski definition) is 1. The highest BCUT2D eigenvalue weighted by Gasteiger charge is 2.46. The average molecular weight is 248 g/mol. The Labute approximate surface area is 106 Å². The van der Waals surface area contributed by atoms with Crippen LogP contribution in [0.15, 0.2) is 35.5 Å². The number of Topliss-reactive ketones (excluding diaryl/α,β-unsaturated/α-hetero) is 1. The minimum Gasteiger partial charge on any atom is -0.363 e. The van der Waals surface area contributed by atoms with Gasteiger partial charge in [-0.15, -0.1) is 5.06 Å². The molecule has 0 amide bonds. The van der Waals surface area contributed by atoms with Crippen molar-refractivity contribution in [2.45, 2.75) is 32.5 Å². The van der Waals surface area contributed by atoms with E-state index >= 15 is 0 Å². The number of oxime groups is 1.